The number of rotatable bonds is 4. The molecule has 1 N–H and O–H groups in total. The number of nitriles is 1. The van der Waals surface area contributed by atoms with Crippen LogP contribution < -0.4 is 10.9 Å². The average Bonchev–Trinajstić information content (AvgIpc) is 3.16. The SMILES string of the molecule is N#CC1(NC(=O)Cn2cnc3scc(-c4ccccc4)c3c2=O)CCCCC1. The predicted octanol–water partition coefficient (Wildman–Crippen LogP) is 3.47. The Bertz CT molecular complexity index is 1100. The lowest BCUT2D eigenvalue weighted by Gasteiger charge is -2.31. The number of carbonyl (C=O) groups is 1. The van der Waals surface area contributed by atoms with Gasteiger partial charge < -0.3 is 5.32 Å². The highest BCUT2D eigenvalue weighted by molar-refractivity contribution is 7.17. The van der Waals surface area contributed by atoms with Crippen molar-refractivity contribution in [2.45, 2.75) is 44.2 Å². The molecular weight excluding hydrogens is 372 g/mol. The number of hydrogen-bond donors (Lipinski definition) is 1. The standard InChI is InChI=1S/C21H20N4O2S/c22-13-21(9-5-2-6-10-21)24-17(26)11-25-14-23-19-18(20(25)27)16(12-28-19)15-7-3-1-4-8-15/h1,3-4,7-8,12,14H,2,5-6,9-11H2,(H,24,26). The second-order valence-corrected chi connectivity index (χ2v) is 8.03. The molecule has 0 spiro atoms. The maximum atomic E-state index is 13.0. The van der Waals surface area contributed by atoms with Gasteiger partial charge in [0.1, 0.15) is 16.9 Å². The molecule has 0 atom stereocenters. The number of thiophene rings is 1. The van der Waals surface area contributed by atoms with Crippen LogP contribution in [0.5, 0.6) is 0 Å². The van der Waals surface area contributed by atoms with Gasteiger partial charge >= 0.3 is 0 Å². The van der Waals surface area contributed by atoms with Crippen LogP contribution >= 0.6 is 11.3 Å². The lowest BCUT2D eigenvalue weighted by molar-refractivity contribution is -0.123. The molecule has 1 aliphatic carbocycles. The van der Waals surface area contributed by atoms with Crippen LogP contribution in [0.1, 0.15) is 32.1 Å². The molecule has 0 saturated heterocycles. The number of fused-ring (bicyclic) bond motifs is 1. The summed E-state index contributed by atoms with van der Waals surface area (Å²) in [7, 11) is 0. The number of nitrogens with one attached hydrogen (secondary N) is 1. The van der Waals surface area contributed by atoms with E-state index in [1.807, 2.05) is 35.7 Å². The molecule has 3 aromatic rings. The van der Waals surface area contributed by atoms with E-state index in [0.717, 1.165) is 30.4 Å². The van der Waals surface area contributed by atoms with Gasteiger partial charge in [-0.15, -0.1) is 11.3 Å². The summed E-state index contributed by atoms with van der Waals surface area (Å²) in [5, 5.41) is 14.9. The number of amides is 1. The Kier molecular flexibility index (Phi) is 4.97. The highest BCUT2D eigenvalue weighted by atomic mass is 32.1. The van der Waals surface area contributed by atoms with Crippen LogP contribution in [-0.2, 0) is 11.3 Å². The van der Waals surface area contributed by atoms with Crippen molar-refractivity contribution in [2.75, 3.05) is 0 Å². The molecule has 2 aromatic heterocycles. The summed E-state index contributed by atoms with van der Waals surface area (Å²) in [6, 6.07) is 11.9. The summed E-state index contributed by atoms with van der Waals surface area (Å²) in [4.78, 5) is 30.6. The van der Waals surface area contributed by atoms with Crippen molar-refractivity contribution in [3.63, 3.8) is 0 Å². The monoisotopic (exact) mass is 392 g/mol. The Morgan fingerprint density at radius 3 is 2.71 bits per heavy atom. The molecule has 1 aromatic carbocycles. The molecule has 6 nitrogen and oxygen atoms in total. The Labute approximate surface area is 166 Å². The van der Waals surface area contributed by atoms with E-state index in [2.05, 4.69) is 16.4 Å². The Morgan fingerprint density at radius 1 is 1.25 bits per heavy atom. The topological polar surface area (TPSA) is 87.8 Å². The van der Waals surface area contributed by atoms with Crippen LogP contribution in [0.4, 0.5) is 0 Å². The van der Waals surface area contributed by atoms with E-state index in [0.29, 0.717) is 23.1 Å². The van der Waals surface area contributed by atoms with Crippen LogP contribution in [0, 0.1) is 11.3 Å². The lowest BCUT2D eigenvalue weighted by Crippen LogP contribution is -2.50. The van der Waals surface area contributed by atoms with Crippen molar-refractivity contribution in [3.8, 4) is 17.2 Å². The zero-order valence-electron chi connectivity index (χ0n) is 15.4. The molecule has 0 radical (unpaired) electrons. The molecule has 0 unspecified atom stereocenters. The molecular formula is C21H20N4O2S. The first kappa shape index (κ1) is 18.4. The van der Waals surface area contributed by atoms with Gasteiger partial charge in [-0.3, -0.25) is 14.2 Å². The maximum absolute atomic E-state index is 13.0. The van der Waals surface area contributed by atoms with Crippen molar-refractivity contribution in [1.29, 1.82) is 5.26 Å². The van der Waals surface area contributed by atoms with Crippen LogP contribution in [0.3, 0.4) is 0 Å². The fourth-order valence-electron chi connectivity index (χ4n) is 3.79. The third-order valence-corrected chi connectivity index (χ3v) is 6.15. The summed E-state index contributed by atoms with van der Waals surface area (Å²) in [6.45, 7) is -0.144. The molecule has 0 aliphatic heterocycles. The van der Waals surface area contributed by atoms with Gasteiger partial charge in [-0.2, -0.15) is 5.26 Å². The molecule has 1 fully saturated rings. The van der Waals surface area contributed by atoms with Gasteiger partial charge in [-0.25, -0.2) is 4.98 Å². The number of nitrogens with zero attached hydrogens (tertiary/aromatic N) is 3. The third-order valence-electron chi connectivity index (χ3n) is 5.26. The van der Waals surface area contributed by atoms with Crippen molar-refractivity contribution < 1.29 is 4.79 Å². The summed E-state index contributed by atoms with van der Waals surface area (Å²) < 4.78 is 1.32. The minimum Gasteiger partial charge on any atom is -0.336 e. The molecule has 0 bridgehead atoms. The van der Waals surface area contributed by atoms with Gasteiger partial charge in [0.2, 0.25) is 5.91 Å². The van der Waals surface area contributed by atoms with Gasteiger partial charge in [-0.05, 0) is 18.4 Å². The fraction of sp³-hybridized carbons (Fsp3) is 0.333. The molecule has 2 heterocycles. The predicted molar refractivity (Wildman–Crippen MR) is 109 cm³/mol. The number of benzene rings is 1. The van der Waals surface area contributed by atoms with Crippen molar-refractivity contribution >= 4 is 27.5 Å². The van der Waals surface area contributed by atoms with Gasteiger partial charge in [0, 0.05) is 10.9 Å². The zero-order chi connectivity index (χ0) is 19.6. The molecule has 4 rings (SSSR count). The maximum Gasteiger partial charge on any atom is 0.263 e. The Balaban J connectivity index is 1.63. The molecule has 28 heavy (non-hydrogen) atoms. The van der Waals surface area contributed by atoms with Crippen molar-refractivity contribution in [1.82, 2.24) is 14.9 Å². The van der Waals surface area contributed by atoms with Crippen LogP contribution in [0.2, 0.25) is 0 Å². The van der Waals surface area contributed by atoms with E-state index in [1.165, 1.54) is 22.2 Å². The van der Waals surface area contributed by atoms with Crippen molar-refractivity contribution in [2.24, 2.45) is 0 Å². The summed E-state index contributed by atoms with van der Waals surface area (Å²) >= 11 is 1.41. The van der Waals surface area contributed by atoms with Crippen LogP contribution in [0.15, 0.2) is 46.8 Å². The first-order valence-corrected chi connectivity index (χ1v) is 10.2. The number of aromatic nitrogens is 2. The van der Waals surface area contributed by atoms with E-state index in [1.54, 1.807) is 0 Å². The van der Waals surface area contributed by atoms with E-state index >= 15 is 0 Å². The van der Waals surface area contributed by atoms with Gasteiger partial charge in [-0.1, -0.05) is 49.6 Å². The van der Waals surface area contributed by atoms with Gasteiger partial charge in [0.05, 0.1) is 17.8 Å². The largest absolute Gasteiger partial charge is 0.336 e. The van der Waals surface area contributed by atoms with E-state index in [-0.39, 0.29) is 18.0 Å². The molecule has 1 amide bonds. The minimum absolute atomic E-state index is 0.144. The summed E-state index contributed by atoms with van der Waals surface area (Å²) in [5.74, 6) is -0.330. The van der Waals surface area contributed by atoms with E-state index < -0.39 is 5.54 Å². The molecule has 142 valence electrons. The third kappa shape index (κ3) is 3.43. The highest BCUT2D eigenvalue weighted by Crippen LogP contribution is 2.30. The summed E-state index contributed by atoms with van der Waals surface area (Å²) in [5.41, 5.74) is 0.720. The molecule has 1 aliphatic rings. The average molecular weight is 392 g/mol. The van der Waals surface area contributed by atoms with Crippen LogP contribution in [0.25, 0.3) is 21.3 Å². The molecule has 1 saturated carbocycles. The quantitative estimate of drug-likeness (QED) is 0.736. The summed E-state index contributed by atoms with van der Waals surface area (Å²) in [6.07, 6.45) is 5.66. The van der Waals surface area contributed by atoms with Gasteiger partial charge in [0.25, 0.3) is 5.56 Å². The zero-order valence-corrected chi connectivity index (χ0v) is 16.2. The number of carbonyl (C=O) groups excluding carboxylic acids is 1. The van der Waals surface area contributed by atoms with E-state index in [9.17, 15) is 14.9 Å². The normalized spacial score (nSPS) is 15.8. The van der Waals surface area contributed by atoms with E-state index in [4.69, 9.17) is 0 Å². The second kappa shape index (κ2) is 7.56. The fourth-order valence-corrected chi connectivity index (χ4v) is 4.70. The highest BCUT2D eigenvalue weighted by Gasteiger charge is 2.33. The van der Waals surface area contributed by atoms with Gasteiger partial charge in [0.15, 0.2) is 0 Å². The minimum atomic E-state index is -0.811. The first-order chi connectivity index (χ1) is 13.6. The first-order valence-electron chi connectivity index (χ1n) is 9.36. The number of hydrogen-bond acceptors (Lipinski definition) is 5. The Morgan fingerprint density at radius 2 is 2.00 bits per heavy atom. The smallest absolute Gasteiger partial charge is 0.263 e. The molecule has 7 heteroatoms. The Hall–Kier alpha value is -2.98. The lowest BCUT2D eigenvalue weighted by atomic mass is 9.83. The van der Waals surface area contributed by atoms with Crippen LogP contribution in [-0.4, -0.2) is 21.0 Å². The van der Waals surface area contributed by atoms with Crippen molar-refractivity contribution in [3.05, 3.63) is 52.4 Å². The second-order valence-electron chi connectivity index (χ2n) is 7.18.